The van der Waals surface area contributed by atoms with Gasteiger partial charge in [0.05, 0.1) is 0 Å². The van der Waals surface area contributed by atoms with Crippen LogP contribution in [0.5, 0.6) is 0 Å². The third-order valence-electron chi connectivity index (χ3n) is 2.20. The lowest BCUT2D eigenvalue weighted by Gasteiger charge is -2.08. The highest BCUT2D eigenvalue weighted by atomic mass is 16.2. The van der Waals surface area contributed by atoms with Crippen LogP contribution in [0.4, 0.5) is 0 Å². The highest BCUT2D eigenvalue weighted by molar-refractivity contribution is 6.35. The molecule has 0 heterocycles. The Labute approximate surface area is 101 Å². The second-order valence-corrected chi connectivity index (χ2v) is 4.30. The van der Waals surface area contributed by atoms with E-state index in [9.17, 15) is 9.59 Å². The van der Waals surface area contributed by atoms with E-state index < -0.39 is 11.8 Å². The quantitative estimate of drug-likeness (QED) is 0.770. The summed E-state index contributed by atoms with van der Waals surface area (Å²) in [5, 5.41) is 5.11. The van der Waals surface area contributed by atoms with Gasteiger partial charge in [0.1, 0.15) is 0 Å². The summed E-state index contributed by atoms with van der Waals surface area (Å²) in [4.78, 5) is 22.7. The molecule has 0 aliphatic carbocycles. The number of carbonyl (C=O) groups is 2. The van der Waals surface area contributed by atoms with Gasteiger partial charge < -0.3 is 10.6 Å². The number of benzene rings is 1. The zero-order valence-electron chi connectivity index (χ0n) is 10.4. The van der Waals surface area contributed by atoms with Gasteiger partial charge in [-0.15, -0.1) is 0 Å². The van der Waals surface area contributed by atoms with Gasteiger partial charge in [-0.3, -0.25) is 9.59 Å². The highest BCUT2D eigenvalue weighted by Gasteiger charge is 2.13. The number of aryl methyl sites for hydroxylation is 1. The van der Waals surface area contributed by atoms with Gasteiger partial charge in [0.25, 0.3) is 0 Å². The SMILES string of the molecule is Cc1ccc(CNC(=O)C(=O)NC(C)C)cc1. The molecule has 0 bridgehead atoms. The minimum Gasteiger partial charge on any atom is -0.346 e. The monoisotopic (exact) mass is 234 g/mol. The molecule has 0 saturated carbocycles. The van der Waals surface area contributed by atoms with E-state index >= 15 is 0 Å². The molecule has 0 aromatic heterocycles. The summed E-state index contributed by atoms with van der Waals surface area (Å²) < 4.78 is 0. The number of nitrogens with one attached hydrogen (secondary N) is 2. The summed E-state index contributed by atoms with van der Waals surface area (Å²) in [7, 11) is 0. The molecule has 0 fully saturated rings. The van der Waals surface area contributed by atoms with Gasteiger partial charge >= 0.3 is 11.8 Å². The predicted molar refractivity (Wildman–Crippen MR) is 66.3 cm³/mol. The van der Waals surface area contributed by atoms with E-state index in [4.69, 9.17) is 0 Å². The maximum atomic E-state index is 11.4. The number of hydrogen-bond acceptors (Lipinski definition) is 2. The van der Waals surface area contributed by atoms with Crippen molar-refractivity contribution < 1.29 is 9.59 Å². The van der Waals surface area contributed by atoms with Crippen molar-refractivity contribution >= 4 is 11.8 Å². The van der Waals surface area contributed by atoms with Gasteiger partial charge in [-0.1, -0.05) is 29.8 Å². The zero-order valence-corrected chi connectivity index (χ0v) is 10.4. The summed E-state index contributed by atoms with van der Waals surface area (Å²) in [6.07, 6.45) is 0. The molecular weight excluding hydrogens is 216 g/mol. The Balaban J connectivity index is 2.43. The van der Waals surface area contributed by atoms with E-state index in [1.807, 2.05) is 45.0 Å². The molecule has 0 atom stereocenters. The van der Waals surface area contributed by atoms with Crippen molar-refractivity contribution in [3.8, 4) is 0 Å². The third kappa shape index (κ3) is 4.68. The lowest BCUT2D eigenvalue weighted by Crippen LogP contribution is -2.42. The normalized spacial score (nSPS) is 10.1. The van der Waals surface area contributed by atoms with Gasteiger partial charge in [-0.05, 0) is 26.3 Å². The van der Waals surface area contributed by atoms with E-state index in [0.29, 0.717) is 6.54 Å². The van der Waals surface area contributed by atoms with Gasteiger partial charge in [-0.25, -0.2) is 0 Å². The van der Waals surface area contributed by atoms with Crippen LogP contribution in [-0.2, 0) is 16.1 Å². The largest absolute Gasteiger partial charge is 0.346 e. The van der Waals surface area contributed by atoms with Gasteiger partial charge in [0.15, 0.2) is 0 Å². The number of rotatable bonds is 3. The van der Waals surface area contributed by atoms with Crippen LogP contribution in [0, 0.1) is 6.92 Å². The Hall–Kier alpha value is -1.84. The van der Waals surface area contributed by atoms with Crippen molar-refractivity contribution in [2.24, 2.45) is 0 Å². The summed E-state index contributed by atoms with van der Waals surface area (Å²) in [5.74, 6) is -1.19. The number of hydrogen-bond donors (Lipinski definition) is 2. The molecule has 2 amide bonds. The van der Waals surface area contributed by atoms with Crippen LogP contribution in [0.1, 0.15) is 25.0 Å². The molecule has 4 nitrogen and oxygen atoms in total. The molecule has 2 N–H and O–H groups in total. The Kier molecular flexibility index (Phi) is 4.69. The summed E-state index contributed by atoms with van der Waals surface area (Å²) >= 11 is 0. The number of amides is 2. The topological polar surface area (TPSA) is 58.2 Å². The first-order valence-corrected chi connectivity index (χ1v) is 5.63. The standard InChI is InChI=1S/C13H18N2O2/c1-9(2)15-13(17)12(16)14-8-11-6-4-10(3)5-7-11/h4-7,9H,8H2,1-3H3,(H,14,16)(H,15,17). The van der Waals surface area contributed by atoms with Crippen LogP contribution in [0.15, 0.2) is 24.3 Å². The lowest BCUT2D eigenvalue weighted by molar-refractivity contribution is -0.139. The molecule has 17 heavy (non-hydrogen) atoms. The van der Waals surface area contributed by atoms with E-state index in [1.54, 1.807) is 0 Å². The van der Waals surface area contributed by atoms with Gasteiger partial charge in [0.2, 0.25) is 0 Å². The Morgan fingerprint density at radius 1 is 1.12 bits per heavy atom. The fraction of sp³-hybridized carbons (Fsp3) is 0.385. The van der Waals surface area contributed by atoms with E-state index in [1.165, 1.54) is 0 Å². The predicted octanol–water partition coefficient (Wildman–Crippen LogP) is 1.14. The van der Waals surface area contributed by atoms with Crippen LogP contribution in [-0.4, -0.2) is 17.9 Å². The van der Waals surface area contributed by atoms with Crippen LogP contribution >= 0.6 is 0 Å². The third-order valence-corrected chi connectivity index (χ3v) is 2.20. The minimum absolute atomic E-state index is 0.0346. The van der Waals surface area contributed by atoms with Crippen molar-refractivity contribution in [2.75, 3.05) is 0 Å². The van der Waals surface area contributed by atoms with Crippen molar-refractivity contribution in [1.82, 2.24) is 10.6 Å². The minimum atomic E-state index is -0.598. The molecule has 0 saturated heterocycles. The first kappa shape index (κ1) is 13.2. The van der Waals surface area contributed by atoms with Crippen LogP contribution in [0.25, 0.3) is 0 Å². The van der Waals surface area contributed by atoms with E-state index in [0.717, 1.165) is 11.1 Å². The van der Waals surface area contributed by atoms with E-state index in [2.05, 4.69) is 10.6 Å². The van der Waals surface area contributed by atoms with Gasteiger partial charge in [-0.2, -0.15) is 0 Å². The smallest absolute Gasteiger partial charge is 0.309 e. The van der Waals surface area contributed by atoms with Crippen molar-refractivity contribution in [2.45, 2.75) is 33.4 Å². The summed E-state index contributed by atoms with van der Waals surface area (Å²) in [6.45, 7) is 5.99. The summed E-state index contributed by atoms with van der Waals surface area (Å²) in [5.41, 5.74) is 2.14. The summed E-state index contributed by atoms with van der Waals surface area (Å²) in [6, 6.07) is 7.75. The first-order valence-electron chi connectivity index (χ1n) is 5.63. The lowest BCUT2D eigenvalue weighted by atomic mass is 10.1. The molecule has 1 rings (SSSR count). The van der Waals surface area contributed by atoms with Crippen molar-refractivity contribution in [1.29, 1.82) is 0 Å². The average Bonchev–Trinajstić information content (AvgIpc) is 2.27. The van der Waals surface area contributed by atoms with Crippen molar-refractivity contribution in [3.05, 3.63) is 35.4 Å². The molecule has 0 spiro atoms. The molecule has 4 heteroatoms. The maximum Gasteiger partial charge on any atom is 0.309 e. The van der Waals surface area contributed by atoms with Gasteiger partial charge in [0, 0.05) is 12.6 Å². The second kappa shape index (κ2) is 6.03. The average molecular weight is 234 g/mol. The highest BCUT2D eigenvalue weighted by Crippen LogP contribution is 2.02. The molecule has 0 aliphatic rings. The van der Waals surface area contributed by atoms with Crippen molar-refractivity contribution in [3.63, 3.8) is 0 Å². The Bertz CT molecular complexity index is 396. The first-order chi connectivity index (χ1) is 7.99. The molecule has 92 valence electrons. The van der Waals surface area contributed by atoms with Crippen LogP contribution in [0.3, 0.4) is 0 Å². The Morgan fingerprint density at radius 3 is 2.24 bits per heavy atom. The van der Waals surface area contributed by atoms with Crippen LogP contribution in [0.2, 0.25) is 0 Å². The second-order valence-electron chi connectivity index (χ2n) is 4.30. The molecule has 1 aromatic rings. The fourth-order valence-electron chi connectivity index (χ4n) is 1.30. The number of carbonyl (C=O) groups excluding carboxylic acids is 2. The molecular formula is C13H18N2O2. The van der Waals surface area contributed by atoms with E-state index in [-0.39, 0.29) is 6.04 Å². The zero-order chi connectivity index (χ0) is 12.8. The molecule has 1 aromatic carbocycles. The Morgan fingerprint density at radius 2 is 1.71 bits per heavy atom. The maximum absolute atomic E-state index is 11.4. The molecule has 0 unspecified atom stereocenters. The molecule has 0 radical (unpaired) electrons. The fourth-order valence-corrected chi connectivity index (χ4v) is 1.30. The molecule has 0 aliphatic heterocycles. The van der Waals surface area contributed by atoms with Crippen LogP contribution < -0.4 is 10.6 Å².